The predicted molar refractivity (Wildman–Crippen MR) is 133 cm³/mol. The number of thiocarbonyl (C=S) groups is 1. The second-order valence-electron chi connectivity index (χ2n) is 7.00. The molecule has 1 amide bonds. The standard InChI is InChI=1S/C22H21BrN4O3S2/c1-29-12-19(28)25-15-11-13(6-7-16(15)30-2)27-21(17-8-9-18(23)32-17)20(26-22(27)31)14-5-3-4-10-24-14/h3-11,20-21H,12H2,1-2H3,(H,25,28)(H,26,31)/t20-,21-/m0/s1. The lowest BCUT2D eigenvalue weighted by molar-refractivity contribution is -0.119. The number of nitrogens with one attached hydrogen (secondary N) is 2. The second kappa shape index (κ2) is 9.95. The van der Waals surface area contributed by atoms with Crippen LogP contribution in [0.1, 0.15) is 22.7 Å². The molecule has 1 saturated heterocycles. The van der Waals surface area contributed by atoms with E-state index >= 15 is 0 Å². The summed E-state index contributed by atoms with van der Waals surface area (Å²) in [6, 6.07) is 15.3. The number of amides is 1. The number of pyridine rings is 1. The highest BCUT2D eigenvalue weighted by Gasteiger charge is 2.41. The molecule has 32 heavy (non-hydrogen) atoms. The summed E-state index contributed by atoms with van der Waals surface area (Å²) in [7, 11) is 3.04. The third-order valence-electron chi connectivity index (χ3n) is 4.99. The Morgan fingerprint density at radius 2 is 2.12 bits per heavy atom. The van der Waals surface area contributed by atoms with Crippen molar-refractivity contribution < 1.29 is 14.3 Å². The minimum atomic E-state index is -0.268. The molecule has 4 rings (SSSR count). The first kappa shape index (κ1) is 22.7. The number of halogens is 1. The Hall–Kier alpha value is -2.53. The molecule has 2 N–H and O–H groups in total. The molecule has 0 spiro atoms. The first-order chi connectivity index (χ1) is 15.5. The van der Waals surface area contributed by atoms with E-state index in [2.05, 4.69) is 42.5 Å². The van der Waals surface area contributed by atoms with Crippen LogP contribution >= 0.6 is 39.5 Å². The van der Waals surface area contributed by atoms with Crippen molar-refractivity contribution in [2.75, 3.05) is 31.0 Å². The molecule has 1 aliphatic heterocycles. The number of nitrogens with zero attached hydrogens (tertiary/aromatic N) is 2. The van der Waals surface area contributed by atoms with Crippen LogP contribution in [0.5, 0.6) is 5.75 Å². The van der Waals surface area contributed by atoms with E-state index in [9.17, 15) is 4.79 Å². The minimum Gasteiger partial charge on any atom is -0.495 e. The number of carbonyl (C=O) groups is 1. The molecule has 0 saturated carbocycles. The molecule has 0 radical (unpaired) electrons. The normalized spacial score (nSPS) is 17.8. The average molecular weight is 533 g/mol. The van der Waals surface area contributed by atoms with E-state index in [1.807, 2.05) is 42.5 Å². The van der Waals surface area contributed by atoms with Crippen molar-refractivity contribution in [2.45, 2.75) is 12.1 Å². The highest BCUT2D eigenvalue weighted by Crippen LogP contribution is 2.45. The van der Waals surface area contributed by atoms with E-state index in [4.69, 9.17) is 21.7 Å². The van der Waals surface area contributed by atoms with Gasteiger partial charge >= 0.3 is 0 Å². The van der Waals surface area contributed by atoms with E-state index in [0.717, 1.165) is 20.0 Å². The molecule has 2 aromatic heterocycles. The number of hydrogen-bond donors (Lipinski definition) is 2. The van der Waals surface area contributed by atoms with Gasteiger partial charge in [-0.2, -0.15) is 0 Å². The highest BCUT2D eigenvalue weighted by atomic mass is 79.9. The van der Waals surface area contributed by atoms with Crippen molar-refractivity contribution >= 4 is 61.9 Å². The molecule has 7 nitrogen and oxygen atoms in total. The topological polar surface area (TPSA) is 75.7 Å². The van der Waals surface area contributed by atoms with Crippen LogP contribution in [0, 0.1) is 0 Å². The van der Waals surface area contributed by atoms with Crippen molar-refractivity contribution in [3.05, 3.63) is 69.1 Å². The monoisotopic (exact) mass is 532 g/mol. The fourth-order valence-electron chi connectivity index (χ4n) is 3.67. The molecule has 3 aromatic rings. The summed E-state index contributed by atoms with van der Waals surface area (Å²) in [4.78, 5) is 19.9. The van der Waals surface area contributed by atoms with Crippen molar-refractivity contribution in [3.8, 4) is 5.75 Å². The van der Waals surface area contributed by atoms with Gasteiger partial charge < -0.3 is 25.0 Å². The summed E-state index contributed by atoms with van der Waals surface area (Å²) in [5.74, 6) is 0.281. The number of anilines is 2. The first-order valence-electron chi connectivity index (χ1n) is 9.74. The molecule has 1 aromatic carbocycles. The zero-order valence-corrected chi connectivity index (χ0v) is 20.6. The Labute approximate surface area is 203 Å². The van der Waals surface area contributed by atoms with Gasteiger partial charge in [-0.25, -0.2) is 0 Å². The van der Waals surface area contributed by atoms with Gasteiger partial charge in [-0.3, -0.25) is 9.78 Å². The second-order valence-corrected chi connectivity index (χ2v) is 9.89. The quantitative estimate of drug-likeness (QED) is 0.428. The lowest BCUT2D eigenvalue weighted by Gasteiger charge is -2.27. The van der Waals surface area contributed by atoms with Gasteiger partial charge in [0.15, 0.2) is 5.11 Å². The third kappa shape index (κ3) is 4.63. The van der Waals surface area contributed by atoms with Crippen molar-refractivity contribution in [1.82, 2.24) is 10.3 Å². The van der Waals surface area contributed by atoms with E-state index in [1.165, 1.54) is 7.11 Å². The molecule has 0 aliphatic carbocycles. The minimum absolute atomic E-state index is 0.0509. The van der Waals surface area contributed by atoms with Crippen LogP contribution in [0.25, 0.3) is 0 Å². The predicted octanol–water partition coefficient (Wildman–Crippen LogP) is 4.68. The van der Waals surface area contributed by atoms with Crippen LogP contribution < -0.4 is 20.3 Å². The van der Waals surface area contributed by atoms with E-state index in [1.54, 1.807) is 24.6 Å². The number of rotatable bonds is 7. The number of benzene rings is 1. The van der Waals surface area contributed by atoms with Crippen LogP contribution in [0.4, 0.5) is 11.4 Å². The molecule has 3 heterocycles. The zero-order valence-electron chi connectivity index (χ0n) is 17.4. The third-order valence-corrected chi connectivity index (χ3v) is 7.00. The number of methoxy groups -OCH3 is 2. The van der Waals surface area contributed by atoms with Gasteiger partial charge in [-0.05, 0) is 70.6 Å². The fourth-order valence-corrected chi connectivity index (χ4v) is 5.57. The average Bonchev–Trinajstić information content (AvgIpc) is 3.37. The molecule has 10 heteroatoms. The summed E-state index contributed by atoms with van der Waals surface area (Å²) in [5.41, 5.74) is 2.26. The Morgan fingerprint density at radius 1 is 1.28 bits per heavy atom. The molecular weight excluding hydrogens is 512 g/mol. The van der Waals surface area contributed by atoms with Crippen LogP contribution in [0.3, 0.4) is 0 Å². The molecule has 0 bridgehead atoms. The summed E-state index contributed by atoms with van der Waals surface area (Å²) in [6.45, 7) is -0.0509. The van der Waals surface area contributed by atoms with Crippen LogP contribution in [-0.4, -0.2) is 36.8 Å². The summed E-state index contributed by atoms with van der Waals surface area (Å²) >= 11 is 11.0. The van der Waals surface area contributed by atoms with Gasteiger partial charge in [0.2, 0.25) is 5.91 Å². The maximum atomic E-state index is 12.1. The van der Waals surface area contributed by atoms with Gasteiger partial charge in [-0.15, -0.1) is 11.3 Å². The highest BCUT2D eigenvalue weighted by molar-refractivity contribution is 9.11. The fraction of sp³-hybridized carbons (Fsp3) is 0.227. The first-order valence-corrected chi connectivity index (χ1v) is 11.8. The van der Waals surface area contributed by atoms with Crippen LogP contribution in [0.2, 0.25) is 0 Å². The van der Waals surface area contributed by atoms with Crippen LogP contribution in [-0.2, 0) is 9.53 Å². The number of aromatic nitrogens is 1. The Kier molecular flexibility index (Phi) is 7.04. The van der Waals surface area contributed by atoms with E-state index in [-0.39, 0.29) is 24.6 Å². The smallest absolute Gasteiger partial charge is 0.250 e. The summed E-state index contributed by atoms with van der Waals surface area (Å²) in [5, 5.41) is 6.86. The van der Waals surface area contributed by atoms with Crippen molar-refractivity contribution in [1.29, 1.82) is 0 Å². The number of ether oxygens (including phenoxy) is 2. The Morgan fingerprint density at radius 3 is 2.78 bits per heavy atom. The molecule has 166 valence electrons. The number of thiophene rings is 1. The maximum Gasteiger partial charge on any atom is 0.250 e. The largest absolute Gasteiger partial charge is 0.495 e. The molecule has 1 aliphatic rings. The molecule has 0 unspecified atom stereocenters. The van der Waals surface area contributed by atoms with Gasteiger partial charge in [0, 0.05) is 23.9 Å². The SMILES string of the molecule is COCC(=O)Nc1cc(N2C(=S)N[C@@H](c3ccccn3)[C@@H]2c2ccc(Br)s2)ccc1OC. The molecule has 2 atom stereocenters. The van der Waals surface area contributed by atoms with Crippen molar-refractivity contribution in [2.24, 2.45) is 0 Å². The molecular formula is C22H21BrN4O3S2. The van der Waals surface area contributed by atoms with Crippen molar-refractivity contribution in [3.63, 3.8) is 0 Å². The Balaban J connectivity index is 1.77. The number of hydrogen-bond acceptors (Lipinski definition) is 6. The molecule has 1 fully saturated rings. The van der Waals surface area contributed by atoms with Crippen LogP contribution in [0.15, 0.2) is 58.5 Å². The van der Waals surface area contributed by atoms with Gasteiger partial charge in [-0.1, -0.05) is 6.07 Å². The van der Waals surface area contributed by atoms with E-state index in [0.29, 0.717) is 16.5 Å². The Bertz CT molecular complexity index is 1130. The zero-order chi connectivity index (χ0) is 22.7. The van der Waals surface area contributed by atoms with Gasteiger partial charge in [0.25, 0.3) is 0 Å². The van der Waals surface area contributed by atoms with Gasteiger partial charge in [0.1, 0.15) is 12.4 Å². The summed E-state index contributed by atoms with van der Waals surface area (Å²) < 4.78 is 11.4. The van der Waals surface area contributed by atoms with Gasteiger partial charge in [0.05, 0.1) is 34.4 Å². The van der Waals surface area contributed by atoms with E-state index < -0.39 is 0 Å². The summed E-state index contributed by atoms with van der Waals surface area (Å²) in [6.07, 6.45) is 1.78. The lowest BCUT2D eigenvalue weighted by atomic mass is 10.0. The number of carbonyl (C=O) groups excluding carboxylic acids is 1. The maximum absolute atomic E-state index is 12.1. The lowest BCUT2D eigenvalue weighted by Crippen LogP contribution is -2.29.